The van der Waals surface area contributed by atoms with Gasteiger partial charge in [0.05, 0.1) is 17.9 Å². The van der Waals surface area contributed by atoms with Gasteiger partial charge in [0, 0.05) is 43.1 Å². The van der Waals surface area contributed by atoms with Crippen molar-refractivity contribution in [3.8, 4) is 5.75 Å². The van der Waals surface area contributed by atoms with Gasteiger partial charge in [-0.3, -0.25) is 4.79 Å². The molecule has 0 aromatic carbocycles. The van der Waals surface area contributed by atoms with Gasteiger partial charge in [-0.1, -0.05) is 6.07 Å². The second kappa shape index (κ2) is 7.75. The van der Waals surface area contributed by atoms with Crippen LogP contribution in [-0.4, -0.2) is 32.8 Å². The summed E-state index contributed by atoms with van der Waals surface area (Å²) in [6, 6.07) is 5.54. The number of amides is 1. The van der Waals surface area contributed by atoms with E-state index in [4.69, 9.17) is 4.74 Å². The molecule has 5 rings (SSSR count). The number of nitrogens with zero attached hydrogens (tertiary/aromatic N) is 3. The lowest BCUT2D eigenvalue weighted by Gasteiger charge is -2.34. The van der Waals surface area contributed by atoms with Crippen LogP contribution in [0.4, 0.5) is 23.4 Å². The van der Waals surface area contributed by atoms with E-state index in [2.05, 4.69) is 15.3 Å². The Hall–Kier alpha value is -3.17. The summed E-state index contributed by atoms with van der Waals surface area (Å²) in [6.45, 7) is 0.0430. The van der Waals surface area contributed by atoms with E-state index in [-0.39, 0.29) is 42.5 Å². The summed E-state index contributed by atoms with van der Waals surface area (Å²) in [5.41, 5.74) is 1.17. The molecule has 2 aliphatic carbocycles. The first-order valence-corrected chi connectivity index (χ1v) is 10.4. The minimum absolute atomic E-state index is 0.0261. The molecule has 0 aliphatic heterocycles. The molecule has 0 radical (unpaired) electrons. The quantitative estimate of drug-likeness (QED) is 0.503. The smallest absolute Gasteiger partial charge is 0.280 e. The van der Waals surface area contributed by atoms with E-state index in [0.29, 0.717) is 11.6 Å². The lowest BCUT2D eigenvalue weighted by molar-refractivity contribution is -0.119. The van der Waals surface area contributed by atoms with Gasteiger partial charge in [0.1, 0.15) is 22.9 Å². The molecule has 0 bridgehead atoms. The van der Waals surface area contributed by atoms with Crippen LogP contribution < -0.4 is 10.1 Å². The van der Waals surface area contributed by atoms with Gasteiger partial charge in [-0.05, 0) is 25.0 Å². The fraction of sp³-hybridized carbons (Fsp3) is 0.409. The number of aromatic nitrogens is 3. The molecule has 1 amide bonds. The van der Waals surface area contributed by atoms with Gasteiger partial charge in [-0.15, -0.1) is 0 Å². The molecule has 2 aliphatic rings. The highest BCUT2D eigenvalue weighted by Crippen LogP contribution is 2.43. The van der Waals surface area contributed by atoms with Crippen molar-refractivity contribution in [3.63, 3.8) is 0 Å². The zero-order chi connectivity index (χ0) is 22.5. The number of pyridine rings is 2. The number of hydrogen-bond acceptors (Lipinski definition) is 4. The maximum atomic E-state index is 13.2. The topological polar surface area (TPSA) is 68.5 Å². The van der Waals surface area contributed by atoms with Gasteiger partial charge in [0.15, 0.2) is 0 Å². The van der Waals surface area contributed by atoms with E-state index < -0.39 is 23.9 Å². The number of halogens is 4. The third kappa shape index (κ3) is 4.26. The summed E-state index contributed by atoms with van der Waals surface area (Å²) in [5, 5.41) is 2.51. The van der Waals surface area contributed by atoms with Crippen molar-refractivity contribution in [2.75, 3.05) is 11.9 Å². The highest BCUT2D eigenvalue weighted by atomic mass is 19.3. The van der Waals surface area contributed by atoms with Gasteiger partial charge in [-0.2, -0.15) is 0 Å². The Kier molecular flexibility index (Phi) is 5.02. The third-order valence-corrected chi connectivity index (χ3v) is 5.70. The summed E-state index contributed by atoms with van der Waals surface area (Å²) in [6.07, 6.45) is 2.23. The number of alkyl halides is 4. The third-order valence-electron chi connectivity index (χ3n) is 5.70. The molecular formula is C22H20F4N4O2. The monoisotopic (exact) mass is 448 g/mol. The molecule has 0 spiro atoms. The van der Waals surface area contributed by atoms with E-state index >= 15 is 0 Å². The van der Waals surface area contributed by atoms with Crippen molar-refractivity contribution in [1.82, 2.24) is 14.4 Å². The fourth-order valence-corrected chi connectivity index (χ4v) is 3.84. The predicted molar refractivity (Wildman–Crippen MR) is 107 cm³/mol. The van der Waals surface area contributed by atoms with Crippen LogP contribution in [0.5, 0.6) is 5.75 Å². The molecular weight excluding hydrogens is 428 g/mol. The Morgan fingerprint density at radius 2 is 2.00 bits per heavy atom. The zero-order valence-corrected chi connectivity index (χ0v) is 16.9. The Bertz CT molecular complexity index is 1170. The van der Waals surface area contributed by atoms with Crippen LogP contribution >= 0.6 is 0 Å². The number of anilines is 1. The Labute approximate surface area is 180 Å². The summed E-state index contributed by atoms with van der Waals surface area (Å²) >= 11 is 0. The van der Waals surface area contributed by atoms with Crippen LogP contribution in [0.1, 0.15) is 59.8 Å². The number of carbonyl (C=O) groups is 1. The lowest BCUT2D eigenvalue weighted by atomic mass is 9.82. The summed E-state index contributed by atoms with van der Waals surface area (Å²) in [4.78, 5) is 21.3. The summed E-state index contributed by atoms with van der Waals surface area (Å²) in [5.74, 6) is -3.01. The summed E-state index contributed by atoms with van der Waals surface area (Å²) in [7, 11) is 0. The number of nitrogens with one attached hydrogen (secondary N) is 1. The SMILES string of the molecule is O=C(Nc1cccc(C(F)F)n1)c1cn2cc(C3CC3)nc2cc1OCC1CC(F)(F)C1. The minimum Gasteiger partial charge on any atom is -0.492 e. The highest BCUT2D eigenvalue weighted by Gasteiger charge is 2.45. The number of ether oxygens (including phenoxy) is 1. The normalized spacial score (nSPS) is 18.0. The number of hydrogen-bond donors (Lipinski definition) is 1. The first-order chi connectivity index (χ1) is 15.3. The maximum absolute atomic E-state index is 13.2. The van der Waals surface area contributed by atoms with E-state index in [1.54, 1.807) is 16.7 Å². The molecule has 1 N–H and O–H groups in total. The van der Waals surface area contributed by atoms with Gasteiger partial charge in [0.25, 0.3) is 12.3 Å². The zero-order valence-electron chi connectivity index (χ0n) is 16.9. The van der Waals surface area contributed by atoms with Crippen LogP contribution in [0.15, 0.2) is 36.7 Å². The average molecular weight is 448 g/mol. The second-order valence-electron chi connectivity index (χ2n) is 8.40. The first-order valence-electron chi connectivity index (χ1n) is 10.4. The molecule has 0 saturated heterocycles. The van der Waals surface area contributed by atoms with E-state index in [0.717, 1.165) is 18.5 Å². The van der Waals surface area contributed by atoms with E-state index in [1.165, 1.54) is 18.2 Å². The molecule has 32 heavy (non-hydrogen) atoms. The van der Waals surface area contributed by atoms with Gasteiger partial charge >= 0.3 is 0 Å². The molecule has 2 fully saturated rings. The standard InChI is InChI=1S/C22H20F4N4O2/c23-20(24)15-2-1-3-18(27-15)29-21(31)14-9-30-10-16(13-4-5-13)28-19(30)6-17(14)32-11-12-7-22(25,26)8-12/h1-3,6,9-10,12-13,20H,4-5,7-8,11H2,(H,27,29,31). The number of fused-ring (bicyclic) bond motifs is 1. The van der Waals surface area contributed by atoms with E-state index in [1.807, 2.05) is 6.20 Å². The van der Waals surface area contributed by atoms with Crippen molar-refractivity contribution in [2.24, 2.45) is 5.92 Å². The van der Waals surface area contributed by atoms with Crippen molar-refractivity contribution >= 4 is 17.4 Å². The van der Waals surface area contributed by atoms with Crippen LogP contribution in [0, 0.1) is 5.92 Å². The molecule has 0 unspecified atom stereocenters. The highest BCUT2D eigenvalue weighted by molar-refractivity contribution is 6.05. The fourth-order valence-electron chi connectivity index (χ4n) is 3.84. The van der Waals surface area contributed by atoms with Gasteiger partial charge in [-0.25, -0.2) is 27.5 Å². The number of imidazole rings is 1. The lowest BCUT2D eigenvalue weighted by Crippen LogP contribution is -2.38. The Balaban J connectivity index is 1.42. The minimum atomic E-state index is -2.77. The predicted octanol–water partition coefficient (Wildman–Crippen LogP) is 5.22. The largest absolute Gasteiger partial charge is 0.492 e. The average Bonchev–Trinajstić information content (AvgIpc) is 3.49. The van der Waals surface area contributed by atoms with Crippen LogP contribution in [0.25, 0.3) is 5.65 Å². The van der Waals surface area contributed by atoms with E-state index in [9.17, 15) is 22.4 Å². The molecule has 10 heteroatoms. The Morgan fingerprint density at radius 3 is 2.69 bits per heavy atom. The van der Waals surface area contributed by atoms with Crippen molar-refractivity contribution in [1.29, 1.82) is 0 Å². The van der Waals surface area contributed by atoms with Crippen molar-refractivity contribution in [3.05, 3.63) is 53.6 Å². The van der Waals surface area contributed by atoms with Crippen molar-refractivity contribution < 1.29 is 27.1 Å². The molecule has 2 saturated carbocycles. The molecule has 0 atom stereocenters. The Morgan fingerprint density at radius 1 is 1.22 bits per heavy atom. The van der Waals surface area contributed by atoms with Crippen LogP contribution in [0.2, 0.25) is 0 Å². The number of carbonyl (C=O) groups excluding carboxylic acids is 1. The second-order valence-corrected chi connectivity index (χ2v) is 8.40. The molecule has 168 valence electrons. The van der Waals surface area contributed by atoms with Crippen LogP contribution in [0.3, 0.4) is 0 Å². The molecule has 3 aromatic heterocycles. The van der Waals surface area contributed by atoms with Crippen molar-refractivity contribution in [2.45, 2.75) is 43.9 Å². The number of rotatable bonds is 7. The van der Waals surface area contributed by atoms with Gasteiger partial charge < -0.3 is 14.5 Å². The van der Waals surface area contributed by atoms with Gasteiger partial charge in [0.2, 0.25) is 5.92 Å². The molecule has 3 aromatic rings. The van der Waals surface area contributed by atoms with Crippen LogP contribution in [-0.2, 0) is 0 Å². The molecule has 6 nitrogen and oxygen atoms in total. The first kappa shape index (κ1) is 20.7. The molecule has 3 heterocycles. The maximum Gasteiger partial charge on any atom is 0.280 e. The summed E-state index contributed by atoms with van der Waals surface area (Å²) < 4.78 is 59.6.